The van der Waals surface area contributed by atoms with Crippen molar-refractivity contribution in [2.24, 2.45) is 11.8 Å². The van der Waals surface area contributed by atoms with Crippen molar-refractivity contribution in [1.82, 2.24) is 0 Å². The molecule has 2 atom stereocenters. The predicted molar refractivity (Wildman–Crippen MR) is 63.3 cm³/mol. The van der Waals surface area contributed by atoms with E-state index in [0.29, 0.717) is 0 Å². The van der Waals surface area contributed by atoms with Gasteiger partial charge in [-0.15, -0.1) is 0 Å². The number of hydrogen-bond donors (Lipinski definition) is 0. The van der Waals surface area contributed by atoms with Crippen molar-refractivity contribution >= 4 is 22.0 Å². The molecule has 0 amide bonds. The molecule has 0 nitrogen and oxygen atoms in total. The lowest BCUT2D eigenvalue weighted by Gasteiger charge is -1.96. The van der Waals surface area contributed by atoms with Gasteiger partial charge in [-0.2, -0.15) is 0 Å². The summed E-state index contributed by atoms with van der Waals surface area (Å²) in [7, 11) is 4.94. The van der Waals surface area contributed by atoms with E-state index in [2.05, 4.69) is 26.8 Å². The summed E-state index contributed by atoms with van der Waals surface area (Å²) in [5.41, 5.74) is 0. The average molecular weight is 160 g/mol. The Bertz CT molecular complexity index is 131. The van der Waals surface area contributed by atoms with E-state index in [1.54, 1.807) is 0 Å². The van der Waals surface area contributed by atoms with Gasteiger partial charge in [0.25, 0.3) is 0 Å². The molecule has 0 aliphatic heterocycles. The van der Waals surface area contributed by atoms with Crippen LogP contribution in [0.15, 0.2) is 12.2 Å². The van der Waals surface area contributed by atoms with Crippen molar-refractivity contribution in [2.45, 2.75) is 32.5 Å². The Hall–Kier alpha value is -0.0652. The molecule has 0 spiro atoms. The van der Waals surface area contributed by atoms with E-state index >= 15 is 0 Å². The van der Waals surface area contributed by atoms with E-state index in [4.69, 9.17) is 0 Å². The zero-order valence-electron chi connectivity index (χ0n) is 8.55. The molecule has 2 rings (SSSR count). The second kappa shape index (κ2) is 5.56. The van der Waals surface area contributed by atoms with Gasteiger partial charge in [0, 0.05) is 0 Å². The highest BCUT2D eigenvalue weighted by atomic mass is 14.3. The third-order valence-electron chi connectivity index (χ3n) is 2.88. The van der Waals surface area contributed by atoms with Crippen LogP contribution in [0, 0.1) is 11.8 Å². The van der Waals surface area contributed by atoms with Gasteiger partial charge in [-0.1, -0.05) is 25.4 Å². The zero-order chi connectivity index (χ0) is 8.81. The van der Waals surface area contributed by atoms with Gasteiger partial charge in [-0.25, -0.2) is 0 Å². The zero-order valence-corrected chi connectivity index (χ0v) is 8.55. The van der Waals surface area contributed by atoms with Crippen molar-refractivity contribution in [3.05, 3.63) is 12.2 Å². The monoisotopic (exact) mass is 160 g/mol. The summed E-state index contributed by atoms with van der Waals surface area (Å²) < 4.78 is 0. The maximum Gasteiger partial charge on any atom is 0.0776 e. The van der Waals surface area contributed by atoms with Gasteiger partial charge in [-0.05, 0) is 31.1 Å². The van der Waals surface area contributed by atoms with Crippen LogP contribution in [-0.2, 0) is 0 Å². The summed E-state index contributed by atoms with van der Waals surface area (Å²) in [6.45, 7) is 2.21. The van der Waals surface area contributed by atoms with E-state index in [1.165, 1.54) is 39.8 Å². The lowest BCUT2D eigenvalue weighted by Crippen LogP contribution is -1.98. The van der Waals surface area contributed by atoms with Crippen molar-refractivity contribution in [3.8, 4) is 0 Å². The van der Waals surface area contributed by atoms with Crippen LogP contribution in [0.2, 0.25) is 6.32 Å². The largest absolute Gasteiger partial charge is 0.0881 e. The molecule has 1 fully saturated rings. The predicted octanol–water partition coefficient (Wildman–Crippen LogP) is 0.733. The van der Waals surface area contributed by atoms with Crippen molar-refractivity contribution in [3.63, 3.8) is 0 Å². The maximum absolute atomic E-state index is 2.38. The Balaban J connectivity index is 0.000000130. The normalized spacial score (nSPS) is 29.4. The average Bonchev–Trinajstić information content (AvgIpc) is 2.69. The SMILES string of the molecule is BBBCC.C1=CC2CCC1C2. The second-order valence-corrected chi connectivity index (χ2v) is 4.07. The Labute approximate surface area is 79.1 Å². The maximum atomic E-state index is 2.38. The minimum Gasteiger partial charge on any atom is -0.0881 e. The molecule has 0 aromatic heterocycles. The topological polar surface area (TPSA) is 0 Å². The summed E-state index contributed by atoms with van der Waals surface area (Å²) in [6.07, 6.45) is 10.5. The third kappa shape index (κ3) is 3.12. The molecule has 0 radical (unpaired) electrons. The summed E-state index contributed by atoms with van der Waals surface area (Å²) >= 11 is 0. The molecule has 2 unspecified atom stereocenters. The molecule has 3 heteroatoms. The Morgan fingerprint density at radius 2 is 1.92 bits per heavy atom. The molecule has 64 valence electrons. The first-order valence-electron chi connectivity index (χ1n) is 5.55. The fraction of sp³-hybridized carbons (Fsp3) is 0.778. The molecule has 0 N–H and O–H groups in total. The van der Waals surface area contributed by atoms with Gasteiger partial charge in [0.2, 0.25) is 0 Å². The highest BCUT2D eigenvalue weighted by Crippen LogP contribution is 2.38. The molecule has 0 aromatic carbocycles. The van der Waals surface area contributed by atoms with Gasteiger partial charge in [0.05, 0.1) is 22.0 Å². The van der Waals surface area contributed by atoms with E-state index in [1.807, 2.05) is 0 Å². The van der Waals surface area contributed by atoms with Crippen LogP contribution in [0.25, 0.3) is 0 Å². The van der Waals surface area contributed by atoms with Crippen LogP contribution < -0.4 is 0 Å². The molecule has 0 aromatic rings. The van der Waals surface area contributed by atoms with Crippen LogP contribution in [0.3, 0.4) is 0 Å². The molecule has 1 saturated carbocycles. The van der Waals surface area contributed by atoms with Crippen LogP contribution in [0.1, 0.15) is 26.2 Å². The lowest BCUT2D eigenvalue weighted by atomic mass is 9.27. The molecular formula is C9H19B3. The molecule has 0 saturated heterocycles. The van der Waals surface area contributed by atoms with E-state index in [-0.39, 0.29) is 0 Å². The molecule has 0 heterocycles. The van der Waals surface area contributed by atoms with E-state index in [9.17, 15) is 0 Å². The third-order valence-corrected chi connectivity index (χ3v) is 2.88. The summed E-state index contributed by atoms with van der Waals surface area (Å²) in [4.78, 5) is 0. The van der Waals surface area contributed by atoms with Crippen molar-refractivity contribution < 1.29 is 0 Å². The molecule has 2 bridgehead atoms. The minimum absolute atomic E-state index is 0.991. The highest BCUT2D eigenvalue weighted by Gasteiger charge is 2.25. The van der Waals surface area contributed by atoms with Crippen molar-refractivity contribution in [1.29, 1.82) is 0 Å². The van der Waals surface area contributed by atoms with Gasteiger partial charge < -0.3 is 0 Å². The minimum atomic E-state index is 0.991. The number of fused-ring (bicyclic) bond motifs is 2. The molecule has 12 heavy (non-hydrogen) atoms. The van der Waals surface area contributed by atoms with Crippen LogP contribution in [0.5, 0.6) is 0 Å². The smallest absolute Gasteiger partial charge is 0.0776 e. The Morgan fingerprint density at radius 3 is 2.00 bits per heavy atom. The lowest BCUT2D eigenvalue weighted by molar-refractivity contribution is 0.691. The molecule has 2 aliphatic carbocycles. The molecular weight excluding hydrogens is 141 g/mol. The Morgan fingerprint density at radius 1 is 1.33 bits per heavy atom. The first-order valence-corrected chi connectivity index (χ1v) is 5.55. The van der Waals surface area contributed by atoms with Gasteiger partial charge >= 0.3 is 0 Å². The first-order chi connectivity index (χ1) is 5.86. The van der Waals surface area contributed by atoms with Gasteiger partial charge in [0.1, 0.15) is 0 Å². The van der Waals surface area contributed by atoms with Crippen molar-refractivity contribution in [2.75, 3.05) is 0 Å². The highest BCUT2D eigenvalue weighted by molar-refractivity contribution is 7.23. The summed E-state index contributed by atoms with van der Waals surface area (Å²) in [5, 5.41) is 0. The summed E-state index contributed by atoms with van der Waals surface area (Å²) in [6, 6.07) is 0. The van der Waals surface area contributed by atoms with E-state index in [0.717, 1.165) is 11.8 Å². The first kappa shape index (κ1) is 10.0. The molecule has 2 aliphatic rings. The quantitative estimate of drug-likeness (QED) is 0.412. The van der Waals surface area contributed by atoms with Crippen LogP contribution >= 0.6 is 0 Å². The number of rotatable bonds is 2. The number of hydrogen-bond acceptors (Lipinski definition) is 0. The second-order valence-electron chi connectivity index (χ2n) is 4.07. The Kier molecular flexibility index (Phi) is 4.64. The van der Waals surface area contributed by atoms with E-state index < -0.39 is 0 Å². The summed E-state index contributed by atoms with van der Waals surface area (Å²) in [5.74, 6) is 1.98. The van der Waals surface area contributed by atoms with Gasteiger partial charge in [0.15, 0.2) is 0 Å². The number of allylic oxidation sites excluding steroid dienone is 2. The fourth-order valence-corrected chi connectivity index (χ4v) is 2.07. The van der Waals surface area contributed by atoms with Gasteiger partial charge in [-0.3, -0.25) is 0 Å². The standard InChI is InChI=1S/C7H10.C2H9B3/c1-2-7-4-3-6(1)5-7;1-2-4-5-3/h1-2,6-7H,3-5H2;4-5H,2-3H2,1H3. The van der Waals surface area contributed by atoms with Crippen LogP contribution in [0.4, 0.5) is 0 Å². The van der Waals surface area contributed by atoms with Crippen LogP contribution in [-0.4, -0.2) is 22.0 Å². The fourth-order valence-electron chi connectivity index (χ4n) is 2.07.